The second kappa shape index (κ2) is 13.0. The fourth-order valence-electron chi connectivity index (χ4n) is 11.8. The summed E-state index contributed by atoms with van der Waals surface area (Å²) in [5.74, 6) is 2.90. The van der Waals surface area contributed by atoms with Gasteiger partial charge in [-0.05, 0) is 165 Å². The van der Waals surface area contributed by atoms with Crippen molar-refractivity contribution in [3.05, 3.63) is 187 Å². The Hall–Kier alpha value is -5.66. The van der Waals surface area contributed by atoms with E-state index in [1.807, 2.05) is 0 Å². The van der Waals surface area contributed by atoms with Gasteiger partial charge in [0.25, 0.3) is 0 Å². The van der Waals surface area contributed by atoms with E-state index in [4.69, 9.17) is 0 Å². The number of anilines is 3. The van der Waals surface area contributed by atoms with Gasteiger partial charge < -0.3 is 4.90 Å². The lowest BCUT2D eigenvalue weighted by Gasteiger charge is -2.57. The van der Waals surface area contributed by atoms with Crippen LogP contribution in [0.2, 0.25) is 0 Å². The van der Waals surface area contributed by atoms with Gasteiger partial charge in [-0.3, -0.25) is 0 Å². The predicted molar refractivity (Wildman–Crippen MR) is 235 cm³/mol. The Balaban J connectivity index is 0.932. The van der Waals surface area contributed by atoms with Gasteiger partial charge in [0.1, 0.15) is 0 Å². The van der Waals surface area contributed by atoms with Crippen molar-refractivity contribution in [3.63, 3.8) is 0 Å². The monoisotopic (exact) mass is 723 g/mol. The number of benzene rings is 7. The Morgan fingerprint density at radius 1 is 0.393 bits per heavy atom. The van der Waals surface area contributed by atoms with Gasteiger partial charge in [-0.1, -0.05) is 141 Å². The van der Waals surface area contributed by atoms with Crippen LogP contribution in [-0.4, -0.2) is 0 Å². The second-order valence-electron chi connectivity index (χ2n) is 18.1. The van der Waals surface area contributed by atoms with Crippen molar-refractivity contribution >= 4 is 17.1 Å². The van der Waals surface area contributed by atoms with Crippen LogP contribution in [0.15, 0.2) is 170 Å². The minimum atomic E-state index is -0.143. The average molecular weight is 724 g/mol. The van der Waals surface area contributed by atoms with E-state index in [0.29, 0.717) is 5.41 Å². The molecule has 0 amide bonds. The summed E-state index contributed by atoms with van der Waals surface area (Å²) < 4.78 is 0. The molecule has 56 heavy (non-hydrogen) atoms. The van der Waals surface area contributed by atoms with Crippen LogP contribution in [0.25, 0.3) is 44.5 Å². The molecule has 0 aromatic heterocycles. The van der Waals surface area contributed by atoms with Crippen LogP contribution in [0.4, 0.5) is 17.1 Å². The largest absolute Gasteiger partial charge is 0.310 e. The van der Waals surface area contributed by atoms with Crippen LogP contribution in [-0.2, 0) is 10.8 Å². The molecular weight excluding hydrogens is 675 g/mol. The normalized spacial score (nSPS) is 22.4. The molecule has 0 aliphatic heterocycles. The molecule has 7 aromatic rings. The molecule has 4 saturated carbocycles. The molecule has 0 radical (unpaired) electrons. The van der Waals surface area contributed by atoms with Gasteiger partial charge in [-0.25, -0.2) is 0 Å². The summed E-state index contributed by atoms with van der Waals surface area (Å²) in [7, 11) is 0. The summed E-state index contributed by atoms with van der Waals surface area (Å²) in [6.07, 6.45) is 8.73. The molecule has 4 fully saturated rings. The molecule has 7 aromatic carbocycles. The van der Waals surface area contributed by atoms with Gasteiger partial charge in [0, 0.05) is 22.5 Å². The molecule has 1 heteroatoms. The average Bonchev–Trinajstić information content (AvgIpc) is 3.46. The lowest BCUT2D eigenvalue weighted by atomic mass is 9.48. The molecular formula is C55H49N. The van der Waals surface area contributed by atoms with E-state index in [1.165, 1.54) is 99.8 Å². The zero-order chi connectivity index (χ0) is 37.4. The van der Waals surface area contributed by atoms with Crippen molar-refractivity contribution in [2.24, 2.45) is 17.8 Å². The number of nitrogens with zero attached hydrogens (tertiary/aromatic N) is 1. The maximum Gasteiger partial charge on any atom is 0.0465 e. The van der Waals surface area contributed by atoms with Gasteiger partial charge >= 0.3 is 0 Å². The zero-order valence-corrected chi connectivity index (χ0v) is 32.6. The number of fused-ring (bicyclic) bond motifs is 3. The number of rotatable bonds is 7. The van der Waals surface area contributed by atoms with Crippen molar-refractivity contribution < 1.29 is 0 Å². The zero-order valence-electron chi connectivity index (χ0n) is 32.6. The first-order valence-electron chi connectivity index (χ1n) is 20.9. The smallest absolute Gasteiger partial charge is 0.0465 e. The Morgan fingerprint density at radius 2 is 0.786 bits per heavy atom. The summed E-state index contributed by atoms with van der Waals surface area (Å²) >= 11 is 0. The van der Waals surface area contributed by atoms with Crippen molar-refractivity contribution in [1.82, 2.24) is 0 Å². The molecule has 274 valence electrons. The molecule has 5 aliphatic carbocycles. The molecule has 1 nitrogen and oxygen atoms in total. The standard InChI is InChI=1S/C55H49N/c1-54(2)52-32-45(44-13-20-46(21-14-44)55-34-37-29-38(35-55)31-39(30-37)36-55)19-27-50(52)51-28-26-49(33-53(51)54)56(47-22-15-42(16-23-47)40-9-5-3-6-10-40)48-24-17-43(18-25-48)41-11-7-4-8-12-41/h3-28,32-33,37-39H,29-31,34-36H2,1-2H3. The molecule has 0 unspecified atom stereocenters. The highest BCUT2D eigenvalue weighted by Gasteiger charge is 2.51. The summed E-state index contributed by atoms with van der Waals surface area (Å²) in [5.41, 5.74) is 18.4. The fraction of sp³-hybridized carbons (Fsp3) is 0.236. The van der Waals surface area contributed by atoms with Crippen molar-refractivity contribution in [2.45, 2.75) is 63.2 Å². The molecule has 0 atom stereocenters. The van der Waals surface area contributed by atoms with Gasteiger partial charge in [0.2, 0.25) is 0 Å². The Labute approximate surface area is 332 Å². The summed E-state index contributed by atoms with van der Waals surface area (Å²) in [4.78, 5) is 2.42. The summed E-state index contributed by atoms with van der Waals surface area (Å²) in [5, 5.41) is 0. The van der Waals surface area contributed by atoms with Crippen LogP contribution in [0.3, 0.4) is 0 Å². The maximum absolute atomic E-state index is 2.50. The summed E-state index contributed by atoms with van der Waals surface area (Å²) in [6, 6.07) is 63.5. The highest BCUT2D eigenvalue weighted by Crippen LogP contribution is 2.61. The van der Waals surface area contributed by atoms with E-state index in [1.54, 1.807) is 5.56 Å². The summed E-state index contributed by atoms with van der Waals surface area (Å²) in [6.45, 7) is 4.82. The lowest BCUT2D eigenvalue weighted by molar-refractivity contribution is -0.00518. The maximum atomic E-state index is 2.50. The minimum Gasteiger partial charge on any atom is -0.310 e. The quantitative estimate of drug-likeness (QED) is 0.158. The first kappa shape index (κ1) is 33.7. The molecule has 0 N–H and O–H groups in total. The van der Waals surface area contributed by atoms with Crippen LogP contribution < -0.4 is 4.90 Å². The van der Waals surface area contributed by atoms with Crippen molar-refractivity contribution in [1.29, 1.82) is 0 Å². The first-order valence-corrected chi connectivity index (χ1v) is 20.9. The van der Waals surface area contributed by atoms with Gasteiger partial charge in [0.15, 0.2) is 0 Å². The van der Waals surface area contributed by atoms with E-state index < -0.39 is 0 Å². The van der Waals surface area contributed by atoms with Crippen LogP contribution in [0.5, 0.6) is 0 Å². The van der Waals surface area contributed by atoms with Crippen molar-refractivity contribution in [3.8, 4) is 44.5 Å². The molecule has 4 bridgehead atoms. The molecule has 12 rings (SSSR count). The van der Waals surface area contributed by atoms with E-state index in [-0.39, 0.29) is 5.41 Å². The third-order valence-corrected chi connectivity index (χ3v) is 14.3. The predicted octanol–water partition coefficient (Wildman–Crippen LogP) is 14.9. The first-order chi connectivity index (χ1) is 27.4. The highest BCUT2D eigenvalue weighted by molar-refractivity contribution is 5.88. The van der Waals surface area contributed by atoms with Gasteiger partial charge in [0.05, 0.1) is 0 Å². The molecule has 0 heterocycles. The highest BCUT2D eigenvalue weighted by atomic mass is 15.1. The van der Waals surface area contributed by atoms with E-state index in [0.717, 1.165) is 29.1 Å². The third kappa shape index (κ3) is 5.58. The van der Waals surface area contributed by atoms with Crippen LogP contribution in [0.1, 0.15) is 69.1 Å². The molecule has 0 spiro atoms. The van der Waals surface area contributed by atoms with Crippen LogP contribution >= 0.6 is 0 Å². The van der Waals surface area contributed by atoms with Gasteiger partial charge in [-0.2, -0.15) is 0 Å². The van der Waals surface area contributed by atoms with Crippen LogP contribution in [0, 0.1) is 17.8 Å². The molecule has 5 aliphatic rings. The Morgan fingerprint density at radius 3 is 1.30 bits per heavy atom. The topological polar surface area (TPSA) is 3.24 Å². The molecule has 0 saturated heterocycles. The Bertz CT molecular complexity index is 2430. The number of hydrogen-bond acceptors (Lipinski definition) is 1. The number of hydrogen-bond donors (Lipinski definition) is 0. The lowest BCUT2D eigenvalue weighted by Crippen LogP contribution is -2.48. The van der Waals surface area contributed by atoms with E-state index >= 15 is 0 Å². The van der Waals surface area contributed by atoms with E-state index in [2.05, 4.69) is 189 Å². The SMILES string of the molecule is CC1(C)c2cc(-c3ccc(C45CC6CC(CC(C6)C4)C5)cc3)ccc2-c2ccc(N(c3ccc(-c4ccccc4)cc3)c3ccc(-c4ccccc4)cc3)cc21. The van der Waals surface area contributed by atoms with E-state index in [9.17, 15) is 0 Å². The minimum absolute atomic E-state index is 0.143. The van der Waals surface area contributed by atoms with Gasteiger partial charge in [-0.15, -0.1) is 0 Å². The Kier molecular flexibility index (Phi) is 7.79. The second-order valence-corrected chi connectivity index (χ2v) is 18.1. The third-order valence-electron chi connectivity index (χ3n) is 14.3. The fourth-order valence-corrected chi connectivity index (χ4v) is 11.8. The van der Waals surface area contributed by atoms with Crippen molar-refractivity contribution in [2.75, 3.05) is 4.90 Å².